The van der Waals surface area contributed by atoms with Gasteiger partial charge in [0.2, 0.25) is 5.91 Å². The second kappa shape index (κ2) is 8.39. The van der Waals surface area contributed by atoms with E-state index in [4.69, 9.17) is 14.6 Å². The number of hydrogen-bond acceptors (Lipinski definition) is 5. The van der Waals surface area contributed by atoms with Crippen molar-refractivity contribution in [3.8, 4) is 17.2 Å². The van der Waals surface area contributed by atoms with Gasteiger partial charge >= 0.3 is 5.97 Å². The molecule has 0 aromatic heterocycles. The number of carboxylic acid groups (broad SMARTS) is 1. The number of benzene rings is 2. The number of carbonyl (C=O) groups excluding carboxylic acids is 1. The van der Waals surface area contributed by atoms with Crippen LogP contribution in [0.2, 0.25) is 0 Å². The summed E-state index contributed by atoms with van der Waals surface area (Å²) in [6, 6.07) is 7.05. The van der Waals surface area contributed by atoms with Gasteiger partial charge in [-0.25, -0.2) is 4.79 Å². The second-order valence-electron chi connectivity index (χ2n) is 5.10. The molecular weight excluding hydrogens is 406 g/mol. The molecule has 26 heavy (non-hydrogen) atoms. The molecule has 0 spiro atoms. The molecule has 0 aliphatic rings. The monoisotopic (exact) mass is 421 g/mol. The zero-order chi connectivity index (χ0) is 19.3. The Labute approximate surface area is 158 Å². The molecule has 0 radical (unpaired) electrons. The highest BCUT2D eigenvalue weighted by Gasteiger charge is 2.11. The summed E-state index contributed by atoms with van der Waals surface area (Å²) in [4.78, 5) is 23.0. The number of phenols is 1. The summed E-state index contributed by atoms with van der Waals surface area (Å²) < 4.78 is 11.1. The van der Waals surface area contributed by atoms with Gasteiger partial charge in [0.05, 0.1) is 29.9 Å². The highest BCUT2D eigenvalue weighted by Crippen LogP contribution is 2.36. The summed E-state index contributed by atoms with van der Waals surface area (Å²) >= 11 is 3.36. The third-order valence-corrected chi connectivity index (χ3v) is 3.97. The number of phenolic OH excluding ortho intramolecular Hbond substituents is 1. The lowest BCUT2D eigenvalue weighted by atomic mass is 10.1. The van der Waals surface area contributed by atoms with Crippen LogP contribution in [0.3, 0.4) is 0 Å². The van der Waals surface area contributed by atoms with E-state index < -0.39 is 11.9 Å². The molecule has 0 atom stereocenters. The van der Waals surface area contributed by atoms with E-state index in [9.17, 15) is 14.7 Å². The molecule has 0 saturated heterocycles. The lowest BCUT2D eigenvalue weighted by molar-refractivity contribution is -0.111. The largest absolute Gasteiger partial charge is 0.506 e. The smallest absolute Gasteiger partial charge is 0.335 e. The Morgan fingerprint density at radius 1 is 1.15 bits per heavy atom. The zero-order valence-electron chi connectivity index (χ0n) is 13.9. The number of anilines is 1. The number of carboxylic acids is 1. The minimum absolute atomic E-state index is 0.00745. The molecule has 8 heteroatoms. The predicted molar refractivity (Wildman–Crippen MR) is 100.0 cm³/mol. The molecule has 2 aromatic carbocycles. The van der Waals surface area contributed by atoms with Gasteiger partial charge in [-0.05, 0) is 57.9 Å². The van der Waals surface area contributed by atoms with Crippen LogP contribution in [0.25, 0.3) is 6.08 Å². The first-order valence-electron chi connectivity index (χ1n) is 7.32. The normalized spacial score (nSPS) is 10.6. The third kappa shape index (κ3) is 4.54. The molecular formula is C18H16BrNO6. The van der Waals surface area contributed by atoms with Gasteiger partial charge < -0.3 is 25.0 Å². The maximum absolute atomic E-state index is 12.1. The van der Waals surface area contributed by atoms with Gasteiger partial charge in [-0.15, -0.1) is 0 Å². The summed E-state index contributed by atoms with van der Waals surface area (Å²) in [6.45, 7) is 0. The van der Waals surface area contributed by atoms with Gasteiger partial charge in [0.1, 0.15) is 5.75 Å². The van der Waals surface area contributed by atoms with Gasteiger partial charge in [0, 0.05) is 6.08 Å². The van der Waals surface area contributed by atoms with Crippen LogP contribution in [0.1, 0.15) is 15.9 Å². The van der Waals surface area contributed by atoms with E-state index in [1.54, 1.807) is 18.2 Å². The first-order chi connectivity index (χ1) is 12.3. The third-order valence-electron chi connectivity index (χ3n) is 3.38. The lowest BCUT2D eigenvalue weighted by Gasteiger charge is -2.10. The van der Waals surface area contributed by atoms with Crippen molar-refractivity contribution in [2.75, 3.05) is 19.5 Å². The molecule has 0 bridgehead atoms. The number of aromatic hydroxyl groups is 1. The SMILES string of the molecule is COc1cc(/C=C/C(=O)Nc2cc(C(=O)O)ccc2O)cc(Br)c1OC. The molecule has 136 valence electrons. The fourth-order valence-electron chi connectivity index (χ4n) is 2.15. The number of rotatable bonds is 6. The molecule has 0 heterocycles. The highest BCUT2D eigenvalue weighted by atomic mass is 79.9. The molecule has 2 rings (SSSR count). The van der Waals surface area contributed by atoms with Crippen molar-refractivity contribution in [1.82, 2.24) is 0 Å². The topological polar surface area (TPSA) is 105 Å². The first-order valence-corrected chi connectivity index (χ1v) is 8.12. The molecule has 2 aromatic rings. The summed E-state index contributed by atoms with van der Waals surface area (Å²) in [5.74, 6) is -0.899. The summed E-state index contributed by atoms with van der Waals surface area (Å²) in [7, 11) is 3.02. The molecule has 1 amide bonds. The molecule has 0 unspecified atom stereocenters. The maximum atomic E-state index is 12.1. The number of methoxy groups -OCH3 is 2. The van der Waals surface area contributed by atoms with Gasteiger partial charge in [0.15, 0.2) is 11.5 Å². The van der Waals surface area contributed by atoms with Crippen molar-refractivity contribution in [3.63, 3.8) is 0 Å². The summed E-state index contributed by atoms with van der Waals surface area (Å²) in [6.07, 6.45) is 2.79. The van der Waals surface area contributed by atoms with Crippen LogP contribution in [0.5, 0.6) is 17.2 Å². The fourth-order valence-corrected chi connectivity index (χ4v) is 2.77. The summed E-state index contributed by atoms with van der Waals surface area (Å²) in [5, 5.41) is 21.1. The Bertz CT molecular complexity index is 878. The molecule has 0 aliphatic carbocycles. The molecule has 0 aliphatic heterocycles. The number of hydrogen-bond donors (Lipinski definition) is 3. The minimum Gasteiger partial charge on any atom is -0.506 e. The number of halogens is 1. The average Bonchev–Trinajstić information content (AvgIpc) is 2.61. The van der Waals surface area contributed by atoms with Gasteiger partial charge in [0.25, 0.3) is 0 Å². The van der Waals surface area contributed by atoms with Crippen LogP contribution < -0.4 is 14.8 Å². The van der Waals surface area contributed by atoms with Crippen LogP contribution >= 0.6 is 15.9 Å². The Kier molecular flexibility index (Phi) is 6.24. The average molecular weight is 422 g/mol. The van der Waals surface area contributed by atoms with Gasteiger partial charge in [-0.1, -0.05) is 0 Å². The number of nitrogens with one attached hydrogen (secondary N) is 1. The van der Waals surface area contributed by atoms with Gasteiger partial charge in [-0.3, -0.25) is 4.79 Å². The van der Waals surface area contributed by atoms with Crippen molar-refractivity contribution in [2.45, 2.75) is 0 Å². The number of amides is 1. The maximum Gasteiger partial charge on any atom is 0.335 e. The molecule has 3 N–H and O–H groups in total. The molecule has 0 saturated carbocycles. The van der Waals surface area contributed by atoms with E-state index in [1.807, 2.05) is 0 Å². The Hall–Kier alpha value is -3.00. The van der Waals surface area contributed by atoms with Gasteiger partial charge in [-0.2, -0.15) is 0 Å². The van der Waals surface area contributed by atoms with Crippen LogP contribution in [-0.2, 0) is 4.79 Å². The van der Waals surface area contributed by atoms with Crippen molar-refractivity contribution in [3.05, 3.63) is 52.0 Å². The number of aromatic carboxylic acids is 1. The van der Waals surface area contributed by atoms with E-state index in [1.165, 1.54) is 38.5 Å². The van der Waals surface area contributed by atoms with E-state index >= 15 is 0 Å². The molecule has 0 fully saturated rings. The van der Waals surface area contributed by atoms with Crippen LogP contribution in [-0.4, -0.2) is 36.3 Å². The second-order valence-corrected chi connectivity index (χ2v) is 5.95. The van der Waals surface area contributed by atoms with Crippen LogP contribution in [0.15, 0.2) is 40.9 Å². The van der Waals surface area contributed by atoms with Crippen molar-refractivity contribution in [2.24, 2.45) is 0 Å². The van der Waals surface area contributed by atoms with E-state index in [0.29, 0.717) is 21.5 Å². The minimum atomic E-state index is -1.16. The van der Waals surface area contributed by atoms with Crippen LogP contribution in [0, 0.1) is 0 Å². The Morgan fingerprint density at radius 3 is 2.50 bits per heavy atom. The van der Waals surface area contributed by atoms with Crippen molar-refractivity contribution in [1.29, 1.82) is 0 Å². The predicted octanol–water partition coefficient (Wildman–Crippen LogP) is 3.52. The zero-order valence-corrected chi connectivity index (χ0v) is 15.5. The Morgan fingerprint density at radius 2 is 1.88 bits per heavy atom. The van der Waals surface area contributed by atoms with Crippen molar-refractivity contribution < 1.29 is 29.3 Å². The quantitative estimate of drug-likeness (QED) is 0.486. The fraction of sp³-hybridized carbons (Fsp3) is 0.111. The standard InChI is InChI=1S/C18H16BrNO6/c1-25-15-8-10(7-12(19)17(15)26-2)3-6-16(22)20-13-9-11(18(23)24)4-5-14(13)21/h3-9,21H,1-2H3,(H,20,22)(H,23,24)/b6-3+. The highest BCUT2D eigenvalue weighted by molar-refractivity contribution is 9.10. The lowest BCUT2D eigenvalue weighted by Crippen LogP contribution is -2.09. The van der Waals surface area contributed by atoms with E-state index in [0.717, 1.165) is 0 Å². The summed E-state index contributed by atoms with van der Waals surface area (Å²) in [5.41, 5.74) is 0.632. The first kappa shape index (κ1) is 19.3. The van der Waals surface area contributed by atoms with Crippen molar-refractivity contribution >= 4 is 39.6 Å². The van der Waals surface area contributed by atoms with Crippen LogP contribution in [0.4, 0.5) is 5.69 Å². The number of carbonyl (C=O) groups is 2. The number of ether oxygens (including phenoxy) is 2. The Balaban J connectivity index is 2.19. The van der Waals surface area contributed by atoms with E-state index in [2.05, 4.69) is 21.2 Å². The molecule has 7 nitrogen and oxygen atoms in total. The van der Waals surface area contributed by atoms with E-state index in [-0.39, 0.29) is 17.0 Å².